The van der Waals surface area contributed by atoms with E-state index >= 15 is 0 Å². The molecule has 0 heterocycles. The van der Waals surface area contributed by atoms with Gasteiger partial charge in [-0.25, -0.2) is 0 Å². The van der Waals surface area contributed by atoms with Gasteiger partial charge in [0.2, 0.25) is 0 Å². The van der Waals surface area contributed by atoms with E-state index in [0.717, 1.165) is 6.42 Å². The van der Waals surface area contributed by atoms with E-state index in [1.165, 1.54) is 24.0 Å². The summed E-state index contributed by atoms with van der Waals surface area (Å²) in [6, 6.07) is 8.66. The van der Waals surface area contributed by atoms with Gasteiger partial charge in [0.1, 0.15) is 0 Å². The highest BCUT2D eigenvalue weighted by atomic mass is 16.5. The zero-order valence-corrected chi connectivity index (χ0v) is 7.42. The molecule has 0 saturated carbocycles. The molecule has 0 fully saturated rings. The molecule has 1 aliphatic rings. The standard InChI is InChI=1S/C11H14O/c1-12-11-7-6-9-4-2-3-5-10(9)8-11/h2-5,11H,6-8H2,1H3/t11-/m1/s1. The van der Waals surface area contributed by atoms with Gasteiger partial charge in [0, 0.05) is 7.11 Å². The first kappa shape index (κ1) is 7.81. The van der Waals surface area contributed by atoms with Gasteiger partial charge in [-0.3, -0.25) is 0 Å². The summed E-state index contributed by atoms with van der Waals surface area (Å²) in [6.45, 7) is 0. The van der Waals surface area contributed by atoms with E-state index in [-0.39, 0.29) is 0 Å². The molecule has 1 heteroatoms. The molecule has 0 unspecified atom stereocenters. The molecule has 0 aromatic heterocycles. The predicted octanol–water partition coefficient (Wildman–Crippen LogP) is 2.19. The summed E-state index contributed by atoms with van der Waals surface area (Å²) in [4.78, 5) is 0. The van der Waals surface area contributed by atoms with Gasteiger partial charge in [0.05, 0.1) is 6.10 Å². The molecule has 1 nitrogen and oxygen atoms in total. The van der Waals surface area contributed by atoms with Crippen LogP contribution in [0.2, 0.25) is 0 Å². The summed E-state index contributed by atoms with van der Waals surface area (Å²) < 4.78 is 5.35. The summed E-state index contributed by atoms with van der Waals surface area (Å²) in [5.41, 5.74) is 2.97. The Morgan fingerprint density at radius 2 is 2.00 bits per heavy atom. The summed E-state index contributed by atoms with van der Waals surface area (Å²) >= 11 is 0. The lowest BCUT2D eigenvalue weighted by atomic mass is 9.90. The van der Waals surface area contributed by atoms with Crippen LogP contribution in [0.3, 0.4) is 0 Å². The first-order valence-corrected chi connectivity index (χ1v) is 4.49. The molecule has 64 valence electrons. The minimum atomic E-state index is 0.444. The lowest BCUT2D eigenvalue weighted by Crippen LogP contribution is -2.20. The van der Waals surface area contributed by atoms with E-state index in [4.69, 9.17) is 4.74 Å². The third kappa shape index (κ3) is 1.37. The van der Waals surface area contributed by atoms with E-state index in [0.29, 0.717) is 6.10 Å². The highest BCUT2D eigenvalue weighted by Crippen LogP contribution is 2.22. The third-order valence-electron chi connectivity index (χ3n) is 2.63. The molecule has 0 radical (unpaired) electrons. The molecule has 1 aliphatic carbocycles. The van der Waals surface area contributed by atoms with E-state index in [9.17, 15) is 0 Å². The Morgan fingerprint density at radius 1 is 1.25 bits per heavy atom. The third-order valence-corrected chi connectivity index (χ3v) is 2.63. The minimum absolute atomic E-state index is 0.444. The zero-order valence-electron chi connectivity index (χ0n) is 7.42. The van der Waals surface area contributed by atoms with Crippen LogP contribution in [0, 0.1) is 0 Å². The molecule has 0 amide bonds. The monoisotopic (exact) mass is 162 g/mol. The quantitative estimate of drug-likeness (QED) is 0.615. The Hall–Kier alpha value is -0.820. The van der Waals surface area contributed by atoms with Gasteiger partial charge in [0.15, 0.2) is 0 Å². The Bertz CT molecular complexity index is 267. The van der Waals surface area contributed by atoms with Gasteiger partial charge in [-0.1, -0.05) is 24.3 Å². The number of ether oxygens (including phenoxy) is 1. The molecular weight excluding hydrogens is 148 g/mol. The van der Waals surface area contributed by atoms with Crippen LogP contribution in [0.1, 0.15) is 17.5 Å². The number of hydrogen-bond acceptors (Lipinski definition) is 1. The van der Waals surface area contributed by atoms with Crippen molar-refractivity contribution in [3.63, 3.8) is 0 Å². The molecular formula is C11H14O. The van der Waals surface area contributed by atoms with Crippen molar-refractivity contribution >= 4 is 0 Å². The molecule has 0 saturated heterocycles. The van der Waals surface area contributed by atoms with Crippen molar-refractivity contribution in [3.8, 4) is 0 Å². The molecule has 0 aliphatic heterocycles. The minimum Gasteiger partial charge on any atom is -0.381 e. The normalized spacial score (nSPS) is 21.9. The van der Waals surface area contributed by atoms with Crippen LogP contribution in [0.25, 0.3) is 0 Å². The van der Waals surface area contributed by atoms with Crippen LogP contribution in [0.5, 0.6) is 0 Å². The highest BCUT2D eigenvalue weighted by molar-refractivity contribution is 5.29. The van der Waals surface area contributed by atoms with Crippen LogP contribution in [-0.4, -0.2) is 13.2 Å². The first-order valence-electron chi connectivity index (χ1n) is 4.49. The lowest BCUT2D eigenvalue weighted by Gasteiger charge is -2.22. The average Bonchev–Trinajstić information content (AvgIpc) is 2.17. The average molecular weight is 162 g/mol. The fraction of sp³-hybridized carbons (Fsp3) is 0.455. The van der Waals surface area contributed by atoms with E-state index < -0.39 is 0 Å². The van der Waals surface area contributed by atoms with Gasteiger partial charge < -0.3 is 4.74 Å². The van der Waals surface area contributed by atoms with Crippen molar-refractivity contribution in [1.29, 1.82) is 0 Å². The number of hydrogen-bond donors (Lipinski definition) is 0. The van der Waals surface area contributed by atoms with Gasteiger partial charge >= 0.3 is 0 Å². The topological polar surface area (TPSA) is 9.23 Å². The van der Waals surface area contributed by atoms with Gasteiger partial charge in [-0.2, -0.15) is 0 Å². The molecule has 2 rings (SSSR count). The van der Waals surface area contributed by atoms with Crippen molar-refractivity contribution in [1.82, 2.24) is 0 Å². The fourth-order valence-electron chi connectivity index (χ4n) is 1.87. The van der Waals surface area contributed by atoms with E-state index in [2.05, 4.69) is 24.3 Å². The summed E-state index contributed by atoms with van der Waals surface area (Å²) in [5.74, 6) is 0. The van der Waals surface area contributed by atoms with Crippen LogP contribution in [0.15, 0.2) is 24.3 Å². The summed E-state index contributed by atoms with van der Waals surface area (Å²) in [7, 11) is 1.80. The van der Waals surface area contributed by atoms with Crippen LogP contribution in [0.4, 0.5) is 0 Å². The summed E-state index contributed by atoms with van der Waals surface area (Å²) in [6.07, 6.45) is 3.88. The van der Waals surface area contributed by atoms with Crippen LogP contribution in [-0.2, 0) is 17.6 Å². The number of methoxy groups -OCH3 is 1. The van der Waals surface area contributed by atoms with E-state index in [1.54, 1.807) is 7.11 Å². The predicted molar refractivity (Wildman–Crippen MR) is 49.3 cm³/mol. The van der Waals surface area contributed by atoms with Crippen molar-refractivity contribution < 1.29 is 4.74 Å². The largest absolute Gasteiger partial charge is 0.381 e. The van der Waals surface area contributed by atoms with Crippen LogP contribution < -0.4 is 0 Å². The molecule has 0 N–H and O–H groups in total. The second kappa shape index (κ2) is 3.28. The van der Waals surface area contributed by atoms with E-state index in [1.807, 2.05) is 0 Å². The SMILES string of the molecule is CO[C@@H]1CCc2ccccc2C1. The van der Waals surface area contributed by atoms with Crippen molar-refractivity contribution in [2.45, 2.75) is 25.4 Å². The number of rotatable bonds is 1. The second-order valence-corrected chi connectivity index (χ2v) is 3.37. The maximum atomic E-state index is 5.35. The molecule has 1 atom stereocenters. The maximum Gasteiger partial charge on any atom is 0.0614 e. The van der Waals surface area contributed by atoms with Crippen LogP contribution >= 0.6 is 0 Å². The van der Waals surface area contributed by atoms with Crippen molar-refractivity contribution in [2.24, 2.45) is 0 Å². The molecule has 0 bridgehead atoms. The van der Waals surface area contributed by atoms with Gasteiger partial charge in [0.25, 0.3) is 0 Å². The molecule has 1 aromatic rings. The smallest absolute Gasteiger partial charge is 0.0614 e. The Morgan fingerprint density at radius 3 is 2.75 bits per heavy atom. The number of aryl methyl sites for hydroxylation is 1. The Labute approximate surface area is 73.4 Å². The highest BCUT2D eigenvalue weighted by Gasteiger charge is 2.16. The lowest BCUT2D eigenvalue weighted by molar-refractivity contribution is 0.0911. The number of fused-ring (bicyclic) bond motifs is 1. The Kier molecular flexibility index (Phi) is 2.13. The fourth-order valence-corrected chi connectivity index (χ4v) is 1.87. The number of benzene rings is 1. The van der Waals surface area contributed by atoms with Gasteiger partial charge in [-0.15, -0.1) is 0 Å². The van der Waals surface area contributed by atoms with Crippen molar-refractivity contribution in [3.05, 3.63) is 35.4 Å². The summed E-state index contributed by atoms with van der Waals surface area (Å²) in [5, 5.41) is 0. The second-order valence-electron chi connectivity index (χ2n) is 3.37. The first-order chi connectivity index (χ1) is 5.90. The zero-order chi connectivity index (χ0) is 8.39. The van der Waals surface area contributed by atoms with Crippen molar-refractivity contribution in [2.75, 3.05) is 7.11 Å². The van der Waals surface area contributed by atoms with Gasteiger partial charge in [-0.05, 0) is 30.4 Å². The molecule has 12 heavy (non-hydrogen) atoms. The Balaban J connectivity index is 2.23. The maximum absolute atomic E-state index is 5.35. The molecule has 0 spiro atoms. The molecule has 1 aromatic carbocycles.